The lowest BCUT2D eigenvalue weighted by Crippen LogP contribution is -2.26. The molecule has 0 spiro atoms. The molecule has 0 aliphatic carbocycles. The molecule has 1 unspecified atom stereocenters. The molecule has 88 valence electrons. The van der Waals surface area contributed by atoms with E-state index in [9.17, 15) is 0 Å². The maximum atomic E-state index is 5.67. The van der Waals surface area contributed by atoms with Gasteiger partial charge < -0.3 is 14.8 Å². The average molecular weight is 221 g/mol. The Balaban J connectivity index is 1.71. The summed E-state index contributed by atoms with van der Waals surface area (Å²) in [6.07, 6.45) is 2.51. The van der Waals surface area contributed by atoms with E-state index in [2.05, 4.69) is 5.32 Å². The third kappa shape index (κ3) is 3.22. The molecule has 1 atom stereocenters. The van der Waals surface area contributed by atoms with Gasteiger partial charge >= 0.3 is 0 Å². The van der Waals surface area contributed by atoms with E-state index in [0.717, 1.165) is 18.9 Å². The van der Waals surface area contributed by atoms with E-state index in [0.29, 0.717) is 12.6 Å². The molecule has 1 aliphatic heterocycles. The molecule has 0 aromatic heterocycles. The Morgan fingerprint density at radius 1 is 1.31 bits per heavy atom. The van der Waals surface area contributed by atoms with Gasteiger partial charge in [0.2, 0.25) is 0 Å². The predicted octanol–water partition coefficient (Wildman–Crippen LogP) is 1.96. The van der Waals surface area contributed by atoms with Gasteiger partial charge in [-0.1, -0.05) is 12.1 Å². The Labute approximate surface area is 96.8 Å². The lowest BCUT2D eigenvalue weighted by molar-refractivity contribution is 0.103. The highest BCUT2D eigenvalue weighted by atomic mass is 16.5. The average Bonchev–Trinajstić information content (AvgIpc) is 2.83. The van der Waals surface area contributed by atoms with Crippen molar-refractivity contribution >= 4 is 0 Å². The van der Waals surface area contributed by atoms with Crippen LogP contribution >= 0.6 is 0 Å². The first kappa shape index (κ1) is 11.4. The maximum absolute atomic E-state index is 5.67. The molecule has 1 heterocycles. The number of rotatable bonds is 5. The molecule has 1 N–H and O–H groups in total. The minimum absolute atomic E-state index is 0.554. The van der Waals surface area contributed by atoms with Crippen LogP contribution in [0.15, 0.2) is 24.3 Å². The molecule has 1 fully saturated rings. The van der Waals surface area contributed by atoms with Crippen LogP contribution in [-0.2, 0) is 11.3 Å². The Morgan fingerprint density at radius 3 is 2.75 bits per heavy atom. The summed E-state index contributed by atoms with van der Waals surface area (Å²) in [5.74, 6) is 0.890. The lowest BCUT2D eigenvalue weighted by Gasteiger charge is -2.10. The first-order chi connectivity index (χ1) is 7.88. The molecule has 3 heteroatoms. The highest BCUT2D eigenvalue weighted by Gasteiger charge is 2.13. The SMILES string of the molecule is COc1ccc(COCC2CCCN2)cc1. The fourth-order valence-electron chi connectivity index (χ4n) is 1.94. The first-order valence-corrected chi connectivity index (χ1v) is 5.82. The topological polar surface area (TPSA) is 30.5 Å². The fraction of sp³-hybridized carbons (Fsp3) is 0.538. The van der Waals surface area contributed by atoms with E-state index in [-0.39, 0.29) is 0 Å². The van der Waals surface area contributed by atoms with Crippen molar-refractivity contribution in [1.82, 2.24) is 5.32 Å². The van der Waals surface area contributed by atoms with Crippen LogP contribution in [0.3, 0.4) is 0 Å². The molecule has 16 heavy (non-hydrogen) atoms. The first-order valence-electron chi connectivity index (χ1n) is 5.82. The highest BCUT2D eigenvalue weighted by Crippen LogP contribution is 2.12. The van der Waals surface area contributed by atoms with Crippen molar-refractivity contribution in [3.63, 3.8) is 0 Å². The summed E-state index contributed by atoms with van der Waals surface area (Å²) >= 11 is 0. The zero-order chi connectivity index (χ0) is 11.2. The summed E-state index contributed by atoms with van der Waals surface area (Å²) in [7, 11) is 1.68. The van der Waals surface area contributed by atoms with Gasteiger partial charge in [-0.15, -0.1) is 0 Å². The maximum Gasteiger partial charge on any atom is 0.118 e. The minimum Gasteiger partial charge on any atom is -0.497 e. The summed E-state index contributed by atoms with van der Waals surface area (Å²) in [5, 5.41) is 3.42. The van der Waals surface area contributed by atoms with E-state index < -0.39 is 0 Å². The van der Waals surface area contributed by atoms with Crippen LogP contribution in [0.25, 0.3) is 0 Å². The van der Waals surface area contributed by atoms with Crippen LogP contribution in [0.1, 0.15) is 18.4 Å². The number of ether oxygens (including phenoxy) is 2. The molecule has 1 aliphatic rings. The van der Waals surface area contributed by atoms with E-state index >= 15 is 0 Å². The molecular weight excluding hydrogens is 202 g/mol. The van der Waals surface area contributed by atoms with Crippen molar-refractivity contribution in [3.05, 3.63) is 29.8 Å². The second kappa shape index (κ2) is 5.87. The Kier molecular flexibility index (Phi) is 4.19. The molecule has 0 bridgehead atoms. The van der Waals surface area contributed by atoms with Gasteiger partial charge in [-0.25, -0.2) is 0 Å². The standard InChI is InChI=1S/C13H19NO2/c1-15-13-6-4-11(5-7-13)9-16-10-12-3-2-8-14-12/h4-7,12,14H,2-3,8-10H2,1H3. The van der Waals surface area contributed by atoms with E-state index in [4.69, 9.17) is 9.47 Å². The third-order valence-corrected chi connectivity index (χ3v) is 2.91. The van der Waals surface area contributed by atoms with Crippen molar-refractivity contribution in [1.29, 1.82) is 0 Å². The second-order valence-electron chi connectivity index (χ2n) is 4.16. The number of nitrogens with one attached hydrogen (secondary N) is 1. The molecule has 0 amide bonds. The minimum atomic E-state index is 0.554. The fourth-order valence-corrected chi connectivity index (χ4v) is 1.94. The highest BCUT2D eigenvalue weighted by molar-refractivity contribution is 5.26. The van der Waals surface area contributed by atoms with Gasteiger partial charge in [-0.2, -0.15) is 0 Å². The van der Waals surface area contributed by atoms with Gasteiger partial charge in [0.15, 0.2) is 0 Å². The summed E-state index contributed by atoms with van der Waals surface area (Å²) in [4.78, 5) is 0. The van der Waals surface area contributed by atoms with E-state index in [1.165, 1.54) is 18.4 Å². The van der Waals surface area contributed by atoms with Gasteiger partial charge in [-0.05, 0) is 37.1 Å². The normalized spacial score (nSPS) is 19.9. The molecule has 3 nitrogen and oxygen atoms in total. The third-order valence-electron chi connectivity index (χ3n) is 2.91. The van der Waals surface area contributed by atoms with Gasteiger partial charge in [0.05, 0.1) is 20.3 Å². The number of hydrogen-bond acceptors (Lipinski definition) is 3. The molecule has 1 saturated heterocycles. The van der Waals surface area contributed by atoms with Gasteiger partial charge in [0, 0.05) is 6.04 Å². The van der Waals surface area contributed by atoms with Crippen molar-refractivity contribution in [3.8, 4) is 5.75 Å². The van der Waals surface area contributed by atoms with Gasteiger partial charge in [0.25, 0.3) is 0 Å². The number of hydrogen-bond donors (Lipinski definition) is 1. The van der Waals surface area contributed by atoms with Crippen LogP contribution in [0.5, 0.6) is 5.75 Å². The molecule has 1 aromatic carbocycles. The predicted molar refractivity (Wildman–Crippen MR) is 63.7 cm³/mol. The summed E-state index contributed by atoms with van der Waals surface area (Å²) in [5.41, 5.74) is 1.19. The van der Waals surface area contributed by atoms with Crippen molar-refractivity contribution in [2.24, 2.45) is 0 Å². The van der Waals surface area contributed by atoms with Crippen molar-refractivity contribution in [2.75, 3.05) is 20.3 Å². The molecule has 2 rings (SSSR count). The van der Waals surface area contributed by atoms with Crippen LogP contribution in [0.2, 0.25) is 0 Å². The van der Waals surface area contributed by atoms with E-state index in [1.807, 2.05) is 24.3 Å². The van der Waals surface area contributed by atoms with E-state index in [1.54, 1.807) is 7.11 Å². The summed E-state index contributed by atoms with van der Waals surface area (Å²) < 4.78 is 10.8. The van der Waals surface area contributed by atoms with Gasteiger partial charge in [0.1, 0.15) is 5.75 Å². The number of benzene rings is 1. The van der Waals surface area contributed by atoms with Crippen molar-refractivity contribution < 1.29 is 9.47 Å². The molecule has 0 radical (unpaired) electrons. The van der Waals surface area contributed by atoms with Crippen LogP contribution in [0, 0.1) is 0 Å². The number of methoxy groups -OCH3 is 1. The Hall–Kier alpha value is -1.06. The molecule has 1 aromatic rings. The van der Waals surface area contributed by atoms with Crippen LogP contribution < -0.4 is 10.1 Å². The molecular formula is C13H19NO2. The zero-order valence-corrected chi connectivity index (χ0v) is 9.74. The lowest BCUT2D eigenvalue weighted by atomic mass is 10.2. The van der Waals surface area contributed by atoms with Crippen LogP contribution in [-0.4, -0.2) is 26.3 Å². The second-order valence-corrected chi connectivity index (χ2v) is 4.16. The zero-order valence-electron chi connectivity index (χ0n) is 9.74. The van der Waals surface area contributed by atoms with Crippen LogP contribution in [0.4, 0.5) is 0 Å². The summed E-state index contributed by atoms with van der Waals surface area (Å²) in [6, 6.07) is 8.57. The smallest absolute Gasteiger partial charge is 0.118 e. The largest absolute Gasteiger partial charge is 0.497 e. The Morgan fingerprint density at radius 2 is 2.12 bits per heavy atom. The quantitative estimate of drug-likeness (QED) is 0.824. The van der Waals surface area contributed by atoms with Crippen molar-refractivity contribution in [2.45, 2.75) is 25.5 Å². The Bertz CT molecular complexity index is 304. The summed E-state index contributed by atoms with van der Waals surface area (Å²) in [6.45, 7) is 2.63. The molecule has 0 saturated carbocycles. The van der Waals surface area contributed by atoms with Gasteiger partial charge in [-0.3, -0.25) is 0 Å². The monoisotopic (exact) mass is 221 g/mol.